The zero-order valence-electron chi connectivity index (χ0n) is 52.1. The van der Waals surface area contributed by atoms with Gasteiger partial charge in [0.05, 0.1) is 13.2 Å². The fourth-order valence-corrected chi connectivity index (χ4v) is 8.80. The zero-order chi connectivity index (χ0) is 60.1. The van der Waals surface area contributed by atoms with Crippen LogP contribution in [-0.2, 0) is 32.7 Å². The van der Waals surface area contributed by atoms with Crippen LogP contribution in [0.2, 0.25) is 0 Å². The highest BCUT2D eigenvalue weighted by Crippen LogP contribution is 2.43. The molecule has 0 rings (SSSR count). The summed E-state index contributed by atoms with van der Waals surface area (Å²) in [5.41, 5.74) is 5.38. The number of esters is 2. The quantitative estimate of drug-likeness (QED) is 0.0264. The first-order chi connectivity index (χ1) is 40.8. The van der Waals surface area contributed by atoms with Crippen molar-refractivity contribution in [2.24, 2.45) is 5.73 Å². The molecule has 0 aliphatic carbocycles. The van der Waals surface area contributed by atoms with Crippen molar-refractivity contribution in [3.63, 3.8) is 0 Å². The minimum absolute atomic E-state index is 0.0370. The molecule has 2 atom stereocenters. The van der Waals surface area contributed by atoms with Gasteiger partial charge in [-0.1, -0.05) is 260 Å². The Morgan fingerprint density at radius 1 is 0.373 bits per heavy atom. The Labute approximate surface area is 507 Å². The number of phosphoric acid groups is 1. The average Bonchev–Trinajstić information content (AvgIpc) is 3.49. The fraction of sp³-hybridized carbons (Fsp3) is 0.562. The summed E-state index contributed by atoms with van der Waals surface area (Å²) in [4.78, 5) is 35.2. The van der Waals surface area contributed by atoms with Gasteiger partial charge in [0.2, 0.25) is 0 Å². The van der Waals surface area contributed by atoms with Gasteiger partial charge in [-0.15, -0.1) is 0 Å². The van der Waals surface area contributed by atoms with Crippen LogP contribution < -0.4 is 5.73 Å². The van der Waals surface area contributed by atoms with Gasteiger partial charge in [-0.05, 0) is 141 Å². The number of ether oxygens (including phenoxy) is 2. The van der Waals surface area contributed by atoms with Crippen LogP contribution in [-0.4, -0.2) is 49.3 Å². The number of carbonyl (C=O) groups is 2. The molecule has 0 radical (unpaired) electrons. The predicted octanol–water partition coefficient (Wildman–Crippen LogP) is 21.2. The maximum Gasteiger partial charge on any atom is 0.472 e. The highest BCUT2D eigenvalue weighted by atomic mass is 31.2. The molecule has 2 unspecified atom stereocenters. The number of rotatable bonds is 58. The molecule has 0 aromatic rings. The van der Waals surface area contributed by atoms with Gasteiger partial charge in [0.25, 0.3) is 0 Å². The van der Waals surface area contributed by atoms with Crippen molar-refractivity contribution in [2.45, 2.75) is 238 Å². The maximum absolute atomic E-state index is 12.7. The molecule has 0 aliphatic rings. The van der Waals surface area contributed by atoms with Crippen molar-refractivity contribution < 1.29 is 37.6 Å². The smallest absolute Gasteiger partial charge is 0.462 e. The molecule has 9 nitrogen and oxygen atoms in total. The monoisotopic (exact) mass is 1170 g/mol. The van der Waals surface area contributed by atoms with Crippen molar-refractivity contribution in [3.8, 4) is 0 Å². The number of nitrogens with two attached hydrogens (primary N) is 1. The number of carbonyl (C=O) groups excluding carboxylic acids is 2. The standard InChI is InChI=1S/C73H116NO8P/c1-3-5-7-9-11-13-15-17-19-21-23-25-26-27-28-29-30-31-32-33-34-35-36-37-38-39-40-41-42-43-44-46-48-50-52-54-56-58-60-62-64-66-73(76)82-71(70-81-83(77,78)80-68-67-74)69-79-72(75)65-63-61-59-57-55-53-51-49-47-45-24-22-20-18-16-14-12-10-8-6-4-2/h5,7,11,13,16-19,22-25,27-28,30-31,33-34,36-37,39-40,42-43,46-49,52,54,71H,3-4,6,8-10,12,14-15,20-21,26,29,32,35,38,41,44-45,50-51,53,55-70,74H2,1-2H3,(H,77,78)/b7-5-,13-11-,18-16-,19-17-,24-22-,25-23-,28-27-,31-30-,34-33-,37-36-,40-39-,43-42-,48-46-,49-47-,54-52-. The summed E-state index contributed by atoms with van der Waals surface area (Å²) in [5.74, 6) is -0.885. The topological polar surface area (TPSA) is 134 Å². The van der Waals surface area contributed by atoms with E-state index in [1.165, 1.54) is 38.5 Å². The van der Waals surface area contributed by atoms with E-state index >= 15 is 0 Å². The van der Waals surface area contributed by atoms with E-state index in [2.05, 4.69) is 196 Å². The van der Waals surface area contributed by atoms with Crippen molar-refractivity contribution in [3.05, 3.63) is 182 Å². The summed E-state index contributed by atoms with van der Waals surface area (Å²) in [6, 6.07) is 0. The first-order valence-electron chi connectivity index (χ1n) is 32.3. The second kappa shape index (κ2) is 66.3. The van der Waals surface area contributed by atoms with Gasteiger partial charge >= 0.3 is 19.8 Å². The van der Waals surface area contributed by atoms with Gasteiger partial charge in [-0.3, -0.25) is 18.6 Å². The van der Waals surface area contributed by atoms with Gasteiger partial charge in [-0.25, -0.2) is 4.57 Å². The Morgan fingerprint density at radius 2 is 0.663 bits per heavy atom. The highest BCUT2D eigenvalue weighted by molar-refractivity contribution is 7.47. The molecule has 0 aromatic carbocycles. The molecule has 0 fully saturated rings. The molecule has 0 saturated heterocycles. The summed E-state index contributed by atoms with van der Waals surface area (Å²) >= 11 is 0. The molecule has 0 bridgehead atoms. The van der Waals surface area contributed by atoms with Crippen LogP contribution in [0.1, 0.15) is 232 Å². The number of unbranched alkanes of at least 4 members (excludes halogenated alkanes) is 15. The molecular weight excluding hydrogens is 1050 g/mol. The van der Waals surface area contributed by atoms with Gasteiger partial charge in [0.1, 0.15) is 6.61 Å². The highest BCUT2D eigenvalue weighted by Gasteiger charge is 2.26. The minimum atomic E-state index is -4.41. The average molecular weight is 1170 g/mol. The Bertz CT molecular complexity index is 2010. The molecule has 0 aliphatic heterocycles. The van der Waals surface area contributed by atoms with E-state index in [-0.39, 0.29) is 32.6 Å². The summed E-state index contributed by atoms with van der Waals surface area (Å²) in [5, 5.41) is 0. The van der Waals surface area contributed by atoms with Gasteiger partial charge in [-0.2, -0.15) is 0 Å². The van der Waals surface area contributed by atoms with Crippen molar-refractivity contribution in [2.75, 3.05) is 26.4 Å². The number of allylic oxidation sites excluding steroid dienone is 30. The molecule has 0 heterocycles. The van der Waals surface area contributed by atoms with E-state index in [1.54, 1.807) is 0 Å². The molecule has 0 aromatic heterocycles. The fourth-order valence-electron chi connectivity index (χ4n) is 8.03. The Balaban J connectivity index is 4.09. The van der Waals surface area contributed by atoms with Crippen molar-refractivity contribution >= 4 is 19.8 Å². The molecule has 10 heteroatoms. The lowest BCUT2D eigenvalue weighted by molar-refractivity contribution is -0.161. The van der Waals surface area contributed by atoms with Crippen molar-refractivity contribution in [1.82, 2.24) is 0 Å². The Hall–Kier alpha value is -4.89. The van der Waals surface area contributed by atoms with E-state index in [4.69, 9.17) is 24.3 Å². The summed E-state index contributed by atoms with van der Waals surface area (Å²) in [6.07, 6.45) is 99.6. The van der Waals surface area contributed by atoms with E-state index in [1.807, 2.05) is 0 Å². The molecule has 3 N–H and O–H groups in total. The van der Waals surface area contributed by atoms with E-state index < -0.39 is 32.5 Å². The Kier molecular flexibility index (Phi) is 62.3. The maximum atomic E-state index is 12.7. The molecule has 466 valence electrons. The van der Waals surface area contributed by atoms with Crippen molar-refractivity contribution in [1.29, 1.82) is 0 Å². The lowest BCUT2D eigenvalue weighted by Crippen LogP contribution is -2.29. The normalized spacial score (nSPS) is 14.2. The lowest BCUT2D eigenvalue weighted by atomic mass is 10.1. The lowest BCUT2D eigenvalue weighted by Gasteiger charge is -2.19. The minimum Gasteiger partial charge on any atom is -0.462 e. The van der Waals surface area contributed by atoms with Crippen LogP contribution in [0.5, 0.6) is 0 Å². The van der Waals surface area contributed by atoms with E-state index in [0.717, 1.165) is 154 Å². The van der Waals surface area contributed by atoms with Gasteiger partial charge in [0.15, 0.2) is 6.10 Å². The third-order valence-electron chi connectivity index (χ3n) is 12.8. The van der Waals surface area contributed by atoms with Crippen LogP contribution in [0.15, 0.2) is 182 Å². The third kappa shape index (κ3) is 66.1. The summed E-state index contributed by atoms with van der Waals surface area (Å²) in [7, 11) is -4.41. The van der Waals surface area contributed by atoms with Crippen LogP contribution >= 0.6 is 7.82 Å². The summed E-state index contributed by atoms with van der Waals surface area (Å²) < 4.78 is 33.0. The summed E-state index contributed by atoms with van der Waals surface area (Å²) in [6.45, 7) is 3.55. The van der Waals surface area contributed by atoms with Gasteiger partial charge < -0.3 is 20.1 Å². The molecule has 0 saturated carbocycles. The molecule has 83 heavy (non-hydrogen) atoms. The third-order valence-corrected chi connectivity index (χ3v) is 13.8. The van der Waals surface area contributed by atoms with Crippen LogP contribution in [0.4, 0.5) is 0 Å². The van der Waals surface area contributed by atoms with Crippen LogP contribution in [0.25, 0.3) is 0 Å². The number of phosphoric ester groups is 1. The Morgan fingerprint density at radius 3 is 0.988 bits per heavy atom. The number of hydrogen-bond donors (Lipinski definition) is 2. The first kappa shape index (κ1) is 78.1. The largest absolute Gasteiger partial charge is 0.472 e. The SMILES string of the molecule is CC/C=C\C/C=C\C/C=C\C/C=C\C/C=C\C/C=C\C/C=C\C/C=C\C/C=C\C/C=C\C/C=C\C/C=C\CCCCCCC(=O)OC(COC(=O)CCCCCCCC/C=C\C/C=C\C/C=C\CCCCCCC)COP(=O)(O)OCCN. The van der Waals surface area contributed by atoms with E-state index in [0.29, 0.717) is 12.8 Å². The molecular formula is C73H116NO8P. The number of hydrogen-bond acceptors (Lipinski definition) is 8. The second-order valence-electron chi connectivity index (χ2n) is 20.5. The zero-order valence-corrected chi connectivity index (χ0v) is 53.0. The predicted molar refractivity (Wildman–Crippen MR) is 357 cm³/mol. The second-order valence-corrected chi connectivity index (χ2v) is 22.0. The molecule has 0 amide bonds. The van der Waals surface area contributed by atoms with E-state index in [9.17, 15) is 19.0 Å². The van der Waals surface area contributed by atoms with Crippen LogP contribution in [0, 0.1) is 0 Å². The molecule has 0 spiro atoms. The first-order valence-corrected chi connectivity index (χ1v) is 33.8. The van der Waals surface area contributed by atoms with Crippen LogP contribution in [0.3, 0.4) is 0 Å². The van der Waals surface area contributed by atoms with Gasteiger partial charge in [0, 0.05) is 19.4 Å².